The summed E-state index contributed by atoms with van der Waals surface area (Å²) in [5.74, 6) is 1.62. The molecule has 0 saturated carbocycles. The van der Waals surface area contributed by atoms with Crippen molar-refractivity contribution in [3.63, 3.8) is 0 Å². The predicted octanol–water partition coefficient (Wildman–Crippen LogP) is -3.31. The molecular formula is C15H28Cl2N2Ru. The first kappa shape index (κ1) is 25.6. The van der Waals surface area contributed by atoms with E-state index in [0.29, 0.717) is 0 Å². The second-order valence-corrected chi connectivity index (χ2v) is 4.71. The summed E-state index contributed by atoms with van der Waals surface area (Å²) in [5, 5.41) is 3.31. The Hall–Kier alpha value is 0.603. The molecule has 120 valence electrons. The molecule has 0 saturated heterocycles. The van der Waals surface area contributed by atoms with Gasteiger partial charge in [-0.2, -0.15) is 0 Å². The van der Waals surface area contributed by atoms with Gasteiger partial charge in [0, 0.05) is 13.1 Å². The van der Waals surface area contributed by atoms with Crippen LogP contribution in [0.5, 0.6) is 0 Å². The van der Waals surface area contributed by atoms with Gasteiger partial charge in [0.25, 0.3) is 0 Å². The van der Waals surface area contributed by atoms with E-state index in [0.717, 1.165) is 24.9 Å². The third-order valence-electron chi connectivity index (χ3n) is 3.50. The van der Waals surface area contributed by atoms with Crippen molar-refractivity contribution in [1.82, 2.24) is 10.2 Å². The maximum atomic E-state index is 3.31. The number of fused-ring (bicyclic) bond motifs is 2. The molecule has 2 nitrogen and oxygen atoms in total. The fraction of sp³-hybridized carbons (Fsp3) is 0.733. The number of likely N-dealkylation sites (N-methyl/N-ethyl adjacent to an activating group) is 2. The van der Waals surface area contributed by atoms with Crippen LogP contribution < -0.4 is 30.1 Å². The summed E-state index contributed by atoms with van der Waals surface area (Å²) >= 11 is 0. The standard InChI is InChI=1S/C8H20N2.C7H8.2ClH.Ru/c1-4-9-7-8-10(5-2)6-3;1-2-7-4-3-6(1)5-7;;;/h9H,4-8H2,1-3H3;1-4,6-7H,5H2;2*1H;/q;;;;+2/p-2. The molecule has 0 aromatic carbocycles. The van der Waals surface area contributed by atoms with Crippen LogP contribution in [-0.4, -0.2) is 37.6 Å². The quantitative estimate of drug-likeness (QED) is 0.282. The molecule has 5 heteroatoms. The van der Waals surface area contributed by atoms with Gasteiger partial charge in [-0.15, -0.1) is 0 Å². The first-order valence-corrected chi connectivity index (χ1v) is 7.09. The Balaban J connectivity index is -0.000000258. The molecule has 0 aliphatic heterocycles. The number of nitrogens with zero attached hydrogens (tertiary/aromatic N) is 1. The molecule has 0 unspecified atom stereocenters. The Kier molecular flexibility index (Phi) is 20.4. The number of rotatable bonds is 6. The predicted molar refractivity (Wildman–Crippen MR) is 76.2 cm³/mol. The molecule has 0 atom stereocenters. The van der Waals surface area contributed by atoms with Gasteiger partial charge in [0.2, 0.25) is 0 Å². The SMILES string of the molecule is C1=CC2C=CC1C2.CCNCCN(CC)CC.[Cl-].[Cl-].[Ru+2]. The molecule has 0 aromatic rings. The van der Waals surface area contributed by atoms with Crippen LogP contribution in [0.2, 0.25) is 0 Å². The van der Waals surface area contributed by atoms with E-state index in [2.05, 4.69) is 55.3 Å². The van der Waals surface area contributed by atoms with Gasteiger partial charge in [0.15, 0.2) is 0 Å². The summed E-state index contributed by atoms with van der Waals surface area (Å²) < 4.78 is 0. The summed E-state index contributed by atoms with van der Waals surface area (Å²) in [6, 6.07) is 0. The van der Waals surface area contributed by atoms with Crippen LogP contribution in [0.15, 0.2) is 24.3 Å². The van der Waals surface area contributed by atoms with Crippen molar-refractivity contribution in [3.05, 3.63) is 24.3 Å². The van der Waals surface area contributed by atoms with Gasteiger partial charge in [-0.25, -0.2) is 0 Å². The minimum atomic E-state index is 0. The number of hydrogen-bond donors (Lipinski definition) is 1. The van der Waals surface area contributed by atoms with Gasteiger partial charge in [-0.3, -0.25) is 0 Å². The number of halogens is 2. The van der Waals surface area contributed by atoms with Gasteiger partial charge in [-0.05, 0) is 37.9 Å². The van der Waals surface area contributed by atoms with Crippen LogP contribution >= 0.6 is 0 Å². The van der Waals surface area contributed by atoms with Gasteiger partial charge in [0.05, 0.1) is 0 Å². The smallest absolute Gasteiger partial charge is 1.00 e. The van der Waals surface area contributed by atoms with Crippen LogP contribution in [0, 0.1) is 11.8 Å². The number of allylic oxidation sites excluding steroid dienone is 4. The number of nitrogens with one attached hydrogen (secondary N) is 1. The average Bonchev–Trinajstić information content (AvgIpc) is 3.00. The van der Waals surface area contributed by atoms with Gasteiger partial charge < -0.3 is 35.0 Å². The van der Waals surface area contributed by atoms with Gasteiger partial charge in [-0.1, -0.05) is 45.1 Å². The van der Waals surface area contributed by atoms with E-state index >= 15 is 0 Å². The summed E-state index contributed by atoms with van der Waals surface area (Å²) in [5.41, 5.74) is 0. The summed E-state index contributed by atoms with van der Waals surface area (Å²) in [4.78, 5) is 2.42. The largest absolute Gasteiger partial charge is 2.00 e. The van der Waals surface area contributed by atoms with Crippen molar-refractivity contribution in [2.75, 3.05) is 32.7 Å². The molecule has 0 heterocycles. The van der Waals surface area contributed by atoms with Crippen molar-refractivity contribution in [2.24, 2.45) is 11.8 Å². The molecule has 20 heavy (non-hydrogen) atoms. The third kappa shape index (κ3) is 10.3. The van der Waals surface area contributed by atoms with Gasteiger partial charge >= 0.3 is 19.5 Å². The molecular weight excluding hydrogens is 380 g/mol. The maximum absolute atomic E-state index is 3.31. The summed E-state index contributed by atoms with van der Waals surface area (Å²) in [6.07, 6.45) is 10.5. The second kappa shape index (κ2) is 16.0. The Bertz CT molecular complexity index is 228. The van der Waals surface area contributed by atoms with Crippen molar-refractivity contribution >= 4 is 0 Å². The van der Waals surface area contributed by atoms with Crippen LogP contribution in [0.1, 0.15) is 27.2 Å². The van der Waals surface area contributed by atoms with E-state index in [-0.39, 0.29) is 44.3 Å². The minimum Gasteiger partial charge on any atom is -1.00 e. The molecule has 2 aliphatic carbocycles. The molecule has 0 fully saturated rings. The zero-order valence-corrected chi connectivity index (χ0v) is 16.0. The second-order valence-electron chi connectivity index (χ2n) is 4.71. The molecule has 1 N–H and O–H groups in total. The van der Waals surface area contributed by atoms with Crippen molar-refractivity contribution in [1.29, 1.82) is 0 Å². The molecule has 0 radical (unpaired) electrons. The van der Waals surface area contributed by atoms with E-state index in [1.54, 1.807) is 0 Å². The van der Waals surface area contributed by atoms with Crippen LogP contribution in [0.3, 0.4) is 0 Å². The molecule has 2 aliphatic rings. The van der Waals surface area contributed by atoms with Crippen LogP contribution in [-0.2, 0) is 19.5 Å². The van der Waals surface area contributed by atoms with Gasteiger partial charge in [0.1, 0.15) is 0 Å². The van der Waals surface area contributed by atoms with Crippen molar-refractivity contribution < 1.29 is 44.3 Å². The van der Waals surface area contributed by atoms with Crippen LogP contribution in [0.4, 0.5) is 0 Å². The van der Waals surface area contributed by atoms with Crippen LogP contribution in [0.25, 0.3) is 0 Å². The molecule has 0 amide bonds. The third-order valence-corrected chi connectivity index (χ3v) is 3.50. The molecule has 0 spiro atoms. The van der Waals surface area contributed by atoms with E-state index in [4.69, 9.17) is 0 Å². The van der Waals surface area contributed by atoms with E-state index < -0.39 is 0 Å². The first-order valence-electron chi connectivity index (χ1n) is 7.09. The average molecular weight is 408 g/mol. The fourth-order valence-corrected chi connectivity index (χ4v) is 2.28. The topological polar surface area (TPSA) is 15.3 Å². The van der Waals surface area contributed by atoms with E-state index in [1.807, 2.05) is 0 Å². The Morgan fingerprint density at radius 2 is 1.40 bits per heavy atom. The first-order chi connectivity index (χ1) is 8.30. The Morgan fingerprint density at radius 1 is 0.950 bits per heavy atom. The normalized spacial score (nSPS) is 20.6. The summed E-state index contributed by atoms with van der Waals surface area (Å²) in [6.45, 7) is 12.3. The molecule has 2 bridgehead atoms. The number of hydrogen-bond acceptors (Lipinski definition) is 2. The minimum absolute atomic E-state index is 0. The van der Waals surface area contributed by atoms with Crippen molar-refractivity contribution in [3.8, 4) is 0 Å². The monoisotopic (exact) mass is 408 g/mol. The molecule has 2 rings (SSSR count). The zero-order chi connectivity index (χ0) is 12.5. The Labute approximate surface area is 150 Å². The van der Waals surface area contributed by atoms with E-state index in [9.17, 15) is 0 Å². The maximum Gasteiger partial charge on any atom is 2.00 e. The summed E-state index contributed by atoms with van der Waals surface area (Å²) in [7, 11) is 0. The van der Waals surface area contributed by atoms with Crippen molar-refractivity contribution in [2.45, 2.75) is 27.2 Å². The van der Waals surface area contributed by atoms with E-state index in [1.165, 1.54) is 26.1 Å². The zero-order valence-electron chi connectivity index (χ0n) is 12.8. The molecule has 0 aromatic heterocycles. The fourth-order valence-electron chi connectivity index (χ4n) is 2.28. The Morgan fingerprint density at radius 3 is 1.65 bits per heavy atom.